The third-order valence-electron chi connectivity index (χ3n) is 9.14. The number of carbonyl (C=O) groups excluding carboxylic acids is 1. The summed E-state index contributed by atoms with van der Waals surface area (Å²) in [7, 11) is -3.64. The highest BCUT2D eigenvalue weighted by Gasteiger charge is 2.46. The van der Waals surface area contributed by atoms with Crippen molar-refractivity contribution in [3.63, 3.8) is 0 Å². The van der Waals surface area contributed by atoms with Crippen LogP contribution in [0.2, 0.25) is 0 Å². The van der Waals surface area contributed by atoms with E-state index in [1.807, 2.05) is 30.3 Å². The molecule has 12 heteroatoms. The van der Waals surface area contributed by atoms with Crippen molar-refractivity contribution < 1.29 is 31.5 Å². The van der Waals surface area contributed by atoms with E-state index in [1.165, 1.54) is 24.3 Å². The molecule has 0 atom stereocenters. The minimum atomic E-state index is -4.52. The van der Waals surface area contributed by atoms with Gasteiger partial charge in [0.1, 0.15) is 0 Å². The van der Waals surface area contributed by atoms with E-state index in [0.717, 1.165) is 49.6 Å². The Morgan fingerprint density at radius 3 is 2.30 bits per heavy atom. The van der Waals surface area contributed by atoms with Gasteiger partial charge in [0.25, 0.3) is 5.91 Å². The number of piperidine rings is 1. The first-order chi connectivity index (χ1) is 22.4. The number of nitrogens with one attached hydrogen (secondary N) is 2. The molecule has 1 saturated carbocycles. The van der Waals surface area contributed by atoms with Crippen LogP contribution in [0.1, 0.15) is 52.7 Å². The van der Waals surface area contributed by atoms with Crippen molar-refractivity contribution in [3.05, 3.63) is 95.1 Å². The number of hydrogen-bond donors (Lipinski definition) is 3. The number of aliphatic hydroxyl groups excluding tert-OH is 1. The van der Waals surface area contributed by atoms with Gasteiger partial charge < -0.3 is 15.7 Å². The lowest BCUT2D eigenvalue weighted by Crippen LogP contribution is -2.43. The van der Waals surface area contributed by atoms with Crippen molar-refractivity contribution in [2.24, 2.45) is 0 Å². The standard InChI is InChI=1S/C35H37F3N4O4S/c1-47(45,46)27-11-12-30-28(21-27)31(33(44)41-34(15-16-34)24-5-3-2-4-6-24)29(22-42-18-13-26(14-19-42)39-17-20-43)32(40-30)23-7-9-25(10-8-23)35(36,37)38/h2-12,21,26,39,43H,13-20,22H2,1H3,(H,41,44). The minimum Gasteiger partial charge on any atom is -0.395 e. The highest BCUT2D eigenvalue weighted by atomic mass is 32.2. The molecule has 6 rings (SSSR count). The summed E-state index contributed by atoms with van der Waals surface area (Å²) in [6.07, 6.45) is -0.356. The second-order valence-electron chi connectivity index (χ2n) is 12.5. The SMILES string of the molecule is CS(=O)(=O)c1ccc2nc(-c3ccc(C(F)(F)F)cc3)c(CN3CCC(NCCO)CC3)c(C(=O)NC3(c4ccccc4)CC3)c2c1. The van der Waals surface area contributed by atoms with Crippen LogP contribution in [0.25, 0.3) is 22.2 Å². The van der Waals surface area contributed by atoms with Crippen LogP contribution in [0, 0.1) is 0 Å². The summed E-state index contributed by atoms with van der Waals surface area (Å²) < 4.78 is 65.8. The van der Waals surface area contributed by atoms with Crippen molar-refractivity contribution in [1.29, 1.82) is 0 Å². The maximum Gasteiger partial charge on any atom is 0.416 e. The number of nitrogens with zero attached hydrogens (tertiary/aromatic N) is 2. The number of likely N-dealkylation sites (tertiary alicyclic amines) is 1. The molecule has 248 valence electrons. The molecule has 1 amide bonds. The minimum absolute atomic E-state index is 0.0362. The monoisotopic (exact) mass is 666 g/mol. The molecule has 0 unspecified atom stereocenters. The summed E-state index contributed by atoms with van der Waals surface area (Å²) in [5, 5.41) is 16.2. The molecule has 2 heterocycles. The molecule has 8 nitrogen and oxygen atoms in total. The Hall–Kier alpha value is -3.84. The first-order valence-corrected chi connectivity index (χ1v) is 17.6. The maximum atomic E-state index is 14.6. The second kappa shape index (κ2) is 13.0. The van der Waals surface area contributed by atoms with Crippen LogP contribution in [0.5, 0.6) is 0 Å². The van der Waals surface area contributed by atoms with Crippen LogP contribution in [0.3, 0.4) is 0 Å². The molecular formula is C35H37F3N4O4S. The molecule has 1 aromatic heterocycles. The van der Waals surface area contributed by atoms with E-state index in [4.69, 9.17) is 4.98 Å². The van der Waals surface area contributed by atoms with Gasteiger partial charge in [-0.25, -0.2) is 13.4 Å². The molecule has 3 aromatic carbocycles. The summed E-state index contributed by atoms with van der Waals surface area (Å²) in [4.78, 5) is 21.6. The van der Waals surface area contributed by atoms with E-state index >= 15 is 0 Å². The Morgan fingerprint density at radius 1 is 1.02 bits per heavy atom. The molecule has 1 saturated heterocycles. The number of alkyl halides is 3. The van der Waals surface area contributed by atoms with Gasteiger partial charge in [-0.05, 0) is 74.7 Å². The van der Waals surface area contributed by atoms with Crippen LogP contribution in [-0.2, 0) is 28.1 Å². The van der Waals surface area contributed by atoms with Gasteiger partial charge in [0.2, 0.25) is 0 Å². The van der Waals surface area contributed by atoms with Crippen LogP contribution in [-0.4, -0.2) is 67.9 Å². The van der Waals surface area contributed by atoms with Crippen LogP contribution >= 0.6 is 0 Å². The average Bonchev–Trinajstić information content (AvgIpc) is 3.83. The molecule has 47 heavy (non-hydrogen) atoms. The molecule has 1 aliphatic heterocycles. The molecule has 0 bridgehead atoms. The Labute approximate surface area is 271 Å². The van der Waals surface area contributed by atoms with E-state index < -0.39 is 33.0 Å². The van der Waals surface area contributed by atoms with Gasteiger partial charge in [-0.1, -0.05) is 42.5 Å². The van der Waals surface area contributed by atoms with Crippen molar-refractivity contribution in [1.82, 2.24) is 20.5 Å². The lowest BCUT2D eigenvalue weighted by atomic mass is 9.93. The van der Waals surface area contributed by atoms with Crippen molar-refractivity contribution in [2.45, 2.75) is 54.9 Å². The van der Waals surface area contributed by atoms with E-state index in [0.29, 0.717) is 47.4 Å². The smallest absolute Gasteiger partial charge is 0.395 e. The van der Waals surface area contributed by atoms with Gasteiger partial charge in [0, 0.05) is 41.9 Å². The molecule has 4 aromatic rings. The lowest BCUT2D eigenvalue weighted by molar-refractivity contribution is -0.137. The number of hydrogen-bond acceptors (Lipinski definition) is 7. The van der Waals surface area contributed by atoms with E-state index in [2.05, 4.69) is 15.5 Å². The van der Waals surface area contributed by atoms with Gasteiger partial charge in [-0.3, -0.25) is 9.69 Å². The lowest BCUT2D eigenvalue weighted by Gasteiger charge is -2.33. The summed E-state index contributed by atoms with van der Waals surface area (Å²) in [6, 6.07) is 19.1. The summed E-state index contributed by atoms with van der Waals surface area (Å²) in [6.45, 7) is 2.15. The Balaban J connectivity index is 1.50. The number of sulfone groups is 1. The zero-order chi connectivity index (χ0) is 33.4. The number of aromatic nitrogens is 1. The predicted molar refractivity (Wildman–Crippen MR) is 173 cm³/mol. The molecule has 2 fully saturated rings. The summed E-state index contributed by atoms with van der Waals surface area (Å²) in [5.74, 6) is -0.396. The van der Waals surface area contributed by atoms with Crippen LogP contribution < -0.4 is 10.6 Å². The van der Waals surface area contributed by atoms with Gasteiger partial charge in [-0.2, -0.15) is 13.2 Å². The zero-order valence-corrected chi connectivity index (χ0v) is 26.8. The third kappa shape index (κ3) is 7.20. The number of amides is 1. The summed E-state index contributed by atoms with van der Waals surface area (Å²) in [5.41, 5.74) is 1.52. The number of benzene rings is 3. The molecule has 0 spiro atoms. The van der Waals surface area contributed by atoms with E-state index in [1.54, 1.807) is 6.07 Å². The molecule has 2 aliphatic rings. The van der Waals surface area contributed by atoms with Gasteiger partial charge in [0.05, 0.1) is 39.4 Å². The number of pyridine rings is 1. The fourth-order valence-electron chi connectivity index (χ4n) is 6.42. The van der Waals surface area contributed by atoms with Crippen molar-refractivity contribution in [2.75, 3.05) is 32.5 Å². The molecular weight excluding hydrogens is 629 g/mol. The van der Waals surface area contributed by atoms with Gasteiger partial charge in [0.15, 0.2) is 9.84 Å². The van der Waals surface area contributed by atoms with Crippen molar-refractivity contribution in [3.8, 4) is 11.3 Å². The fraction of sp³-hybridized carbons (Fsp3) is 0.371. The Kier molecular flexibility index (Phi) is 9.14. The van der Waals surface area contributed by atoms with E-state index in [9.17, 15) is 31.5 Å². The first-order valence-electron chi connectivity index (χ1n) is 15.7. The number of carbonyl (C=O) groups is 1. The number of aliphatic hydroxyl groups is 1. The highest BCUT2D eigenvalue weighted by Crippen LogP contribution is 2.46. The first kappa shape index (κ1) is 33.1. The largest absolute Gasteiger partial charge is 0.416 e. The topological polar surface area (TPSA) is 112 Å². The number of rotatable bonds is 10. The molecule has 1 aliphatic carbocycles. The Bertz CT molecular complexity index is 1870. The average molecular weight is 667 g/mol. The quantitative estimate of drug-likeness (QED) is 0.211. The predicted octanol–water partition coefficient (Wildman–Crippen LogP) is 5.29. The van der Waals surface area contributed by atoms with Crippen molar-refractivity contribution >= 4 is 26.6 Å². The van der Waals surface area contributed by atoms with Gasteiger partial charge in [-0.15, -0.1) is 0 Å². The van der Waals surface area contributed by atoms with Gasteiger partial charge >= 0.3 is 6.18 Å². The van der Waals surface area contributed by atoms with E-state index in [-0.39, 0.29) is 29.7 Å². The van der Waals surface area contributed by atoms with Crippen LogP contribution in [0.4, 0.5) is 13.2 Å². The second-order valence-corrected chi connectivity index (χ2v) is 14.5. The highest BCUT2D eigenvalue weighted by molar-refractivity contribution is 7.90. The zero-order valence-electron chi connectivity index (χ0n) is 26.0. The molecule has 3 N–H and O–H groups in total. The Morgan fingerprint density at radius 2 is 1.70 bits per heavy atom. The summed E-state index contributed by atoms with van der Waals surface area (Å²) >= 11 is 0. The normalized spacial score (nSPS) is 17.1. The molecule has 0 radical (unpaired) electrons. The fourth-order valence-corrected chi connectivity index (χ4v) is 7.06. The van der Waals surface area contributed by atoms with Crippen LogP contribution in [0.15, 0.2) is 77.7 Å². The number of fused-ring (bicyclic) bond motifs is 1. The maximum absolute atomic E-state index is 14.6. The third-order valence-corrected chi connectivity index (χ3v) is 10.3. The number of halogens is 3.